The van der Waals surface area contributed by atoms with Crippen molar-refractivity contribution < 1.29 is 0 Å². The van der Waals surface area contributed by atoms with Gasteiger partial charge in [-0.1, -0.05) is 54.6 Å². The van der Waals surface area contributed by atoms with E-state index in [9.17, 15) is 0 Å². The van der Waals surface area contributed by atoms with Gasteiger partial charge in [-0.15, -0.1) is 0 Å². The van der Waals surface area contributed by atoms with Gasteiger partial charge in [0.05, 0.1) is 0 Å². The molecule has 0 aromatic heterocycles. The summed E-state index contributed by atoms with van der Waals surface area (Å²) in [6.07, 6.45) is 0. The maximum absolute atomic E-state index is 2.48. The predicted octanol–water partition coefficient (Wildman–Crippen LogP) is 3.04. The first-order valence-electron chi connectivity index (χ1n) is 14.1. The molecule has 0 fully saturated rings. The quantitative estimate of drug-likeness (QED) is 0.295. The highest BCUT2D eigenvalue weighted by molar-refractivity contribution is 7.04. The Morgan fingerprint density at radius 2 is 0.775 bits per heavy atom. The Morgan fingerprint density at radius 1 is 0.350 bits per heavy atom. The predicted molar refractivity (Wildman–Crippen MR) is 174 cm³/mol. The van der Waals surface area contributed by atoms with E-state index in [4.69, 9.17) is 0 Å². The van der Waals surface area contributed by atoms with Crippen LogP contribution in [0, 0.1) is 0 Å². The van der Waals surface area contributed by atoms with Crippen molar-refractivity contribution in [2.75, 3.05) is 47.8 Å². The standard InChI is InChI=1S/C34H28B2N4/c1-37-24-13-7-5-11-21(24)35-23-19-20-30-33(34(23)40(4)29-18-10-15-26(37)31(29)35)36-22-12-6-8-14-25(22)38(2)27-16-9-17-28(32(27)36)39(30)3/h5-20H,1-4H3. The van der Waals surface area contributed by atoms with E-state index in [-0.39, 0.29) is 13.4 Å². The van der Waals surface area contributed by atoms with Crippen molar-refractivity contribution in [2.24, 2.45) is 0 Å². The molecule has 0 spiro atoms. The summed E-state index contributed by atoms with van der Waals surface area (Å²) < 4.78 is 0. The molecule has 4 heterocycles. The van der Waals surface area contributed by atoms with Crippen molar-refractivity contribution in [3.8, 4) is 0 Å². The van der Waals surface area contributed by atoms with Gasteiger partial charge in [0.1, 0.15) is 0 Å². The van der Waals surface area contributed by atoms with Gasteiger partial charge >= 0.3 is 0 Å². The summed E-state index contributed by atoms with van der Waals surface area (Å²) in [5.41, 5.74) is 18.8. The molecular formula is C34H28B2N4. The molecule has 0 amide bonds. The molecule has 40 heavy (non-hydrogen) atoms. The molecule has 0 saturated carbocycles. The van der Waals surface area contributed by atoms with Crippen LogP contribution in [-0.2, 0) is 0 Å². The average molecular weight is 514 g/mol. The molecular weight excluding hydrogens is 486 g/mol. The van der Waals surface area contributed by atoms with Gasteiger partial charge in [0.15, 0.2) is 0 Å². The van der Waals surface area contributed by atoms with Crippen LogP contribution in [0.1, 0.15) is 0 Å². The van der Waals surface area contributed by atoms with Gasteiger partial charge in [-0.3, -0.25) is 0 Å². The van der Waals surface area contributed by atoms with E-state index >= 15 is 0 Å². The summed E-state index contributed by atoms with van der Waals surface area (Å²) in [6.45, 7) is 0.354. The minimum atomic E-state index is 0.161. The zero-order chi connectivity index (χ0) is 26.9. The lowest BCUT2D eigenvalue weighted by Gasteiger charge is -2.47. The van der Waals surface area contributed by atoms with Gasteiger partial charge in [-0.2, -0.15) is 0 Å². The molecule has 6 heteroatoms. The highest BCUT2D eigenvalue weighted by Gasteiger charge is 2.47. The van der Waals surface area contributed by atoms with Crippen molar-refractivity contribution in [1.82, 2.24) is 0 Å². The fourth-order valence-corrected chi connectivity index (χ4v) is 8.16. The maximum atomic E-state index is 2.48. The molecule has 5 aromatic carbocycles. The number of fused-ring (bicyclic) bond motifs is 9. The third kappa shape index (κ3) is 2.51. The zero-order valence-electron chi connectivity index (χ0n) is 23.2. The van der Waals surface area contributed by atoms with Crippen LogP contribution in [0.4, 0.5) is 45.5 Å². The fourth-order valence-electron chi connectivity index (χ4n) is 8.16. The molecule has 9 rings (SSSR count). The molecule has 0 aliphatic carbocycles. The average Bonchev–Trinajstić information content (AvgIpc) is 3.00. The lowest BCUT2D eigenvalue weighted by molar-refractivity contribution is 1.16. The molecule has 0 unspecified atom stereocenters. The minimum absolute atomic E-state index is 0.161. The van der Waals surface area contributed by atoms with Gasteiger partial charge in [0.2, 0.25) is 0 Å². The normalized spacial score (nSPS) is 15.2. The molecule has 190 valence electrons. The summed E-state index contributed by atoms with van der Waals surface area (Å²) in [6, 6.07) is 36.3. The van der Waals surface area contributed by atoms with Gasteiger partial charge in [0.25, 0.3) is 13.4 Å². The zero-order valence-corrected chi connectivity index (χ0v) is 23.2. The third-order valence-corrected chi connectivity index (χ3v) is 9.88. The first-order chi connectivity index (χ1) is 19.6. The third-order valence-electron chi connectivity index (χ3n) is 9.88. The van der Waals surface area contributed by atoms with E-state index < -0.39 is 0 Å². The Hall–Kier alpha value is -4.57. The lowest BCUT2D eigenvalue weighted by atomic mass is 9.29. The first kappa shape index (κ1) is 22.3. The minimum Gasteiger partial charge on any atom is -0.346 e. The van der Waals surface area contributed by atoms with Crippen LogP contribution in [0.25, 0.3) is 0 Å². The first-order valence-corrected chi connectivity index (χ1v) is 14.1. The summed E-state index contributed by atoms with van der Waals surface area (Å²) in [4.78, 5) is 9.63. The Morgan fingerprint density at radius 3 is 1.38 bits per heavy atom. The number of hydrogen-bond acceptors (Lipinski definition) is 4. The lowest BCUT2D eigenvalue weighted by Crippen LogP contribution is -2.67. The van der Waals surface area contributed by atoms with Crippen molar-refractivity contribution in [3.05, 3.63) is 97.1 Å². The van der Waals surface area contributed by atoms with Crippen LogP contribution in [0.2, 0.25) is 0 Å². The van der Waals surface area contributed by atoms with E-state index in [2.05, 4.69) is 145 Å². The molecule has 5 aromatic rings. The van der Waals surface area contributed by atoms with Gasteiger partial charge in [0, 0.05) is 73.7 Å². The van der Waals surface area contributed by atoms with Crippen molar-refractivity contribution >= 4 is 91.7 Å². The summed E-state index contributed by atoms with van der Waals surface area (Å²) in [5, 5.41) is 0. The number of anilines is 8. The molecule has 0 N–H and O–H groups in total. The van der Waals surface area contributed by atoms with Crippen LogP contribution in [0.15, 0.2) is 97.1 Å². The van der Waals surface area contributed by atoms with Gasteiger partial charge in [-0.25, -0.2) is 0 Å². The van der Waals surface area contributed by atoms with Crippen LogP contribution >= 0.6 is 0 Å². The number of nitrogens with zero attached hydrogens (tertiary/aromatic N) is 4. The van der Waals surface area contributed by atoms with Crippen LogP contribution in [0.3, 0.4) is 0 Å². The van der Waals surface area contributed by atoms with Crippen LogP contribution in [0.5, 0.6) is 0 Å². The topological polar surface area (TPSA) is 13.0 Å². The number of rotatable bonds is 0. The second-order valence-corrected chi connectivity index (χ2v) is 11.6. The maximum Gasteiger partial charge on any atom is 0.254 e. The van der Waals surface area contributed by atoms with Crippen LogP contribution < -0.4 is 52.4 Å². The van der Waals surface area contributed by atoms with Gasteiger partial charge in [-0.05, 0) is 75.2 Å². The Labute approximate surface area is 236 Å². The fraction of sp³-hybridized carbons (Fsp3) is 0.118. The largest absolute Gasteiger partial charge is 0.346 e. The molecule has 0 bridgehead atoms. The summed E-state index contributed by atoms with van der Waals surface area (Å²) in [7, 11) is 8.92. The Bertz CT molecular complexity index is 1900. The SMILES string of the molecule is CN1c2ccccc2B2c3c1cccc3N(C)c1ccc3c(c12)N(C)c1cccc2c1B3c1ccccc1N2C. The van der Waals surface area contributed by atoms with E-state index in [0.29, 0.717) is 0 Å². The highest BCUT2D eigenvalue weighted by atomic mass is 15.2. The second kappa shape index (κ2) is 7.54. The molecule has 0 saturated heterocycles. The number of benzene rings is 5. The van der Waals surface area contributed by atoms with Crippen molar-refractivity contribution in [2.45, 2.75) is 0 Å². The molecule has 4 aliphatic rings. The van der Waals surface area contributed by atoms with Crippen molar-refractivity contribution in [3.63, 3.8) is 0 Å². The van der Waals surface area contributed by atoms with Crippen LogP contribution in [-0.4, -0.2) is 41.6 Å². The Balaban J connectivity index is 1.40. The number of para-hydroxylation sites is 2. The molecule has 4 nitrogen and oxygen atoms in total. The molecule has 0 atom stereocenters. The van der Waals surface area contributed by atoms with E-state index in [0.717, 1.165) is 0 Å². The van der Waals surface area contributed by atoms with E-state index in [1.54, 1.807) is 0 Å². The van der Waals surface area contributed by atoms with E-state index in [1.165, 1.54) is 78.3 Å². The summed E-state index contributed by atoms with van der Waals surface area (Å²) >= 11 is 0. The highest BCUT2D eigenvalue weighted by Crippen LogP contribution is 2.40. The summed E-state index contributed by atoms with van der Waals surface area (Å²) in [5.74, 6) is 0. The number of hydrogen-bond donors (Lipinski definition) is 0. The van der Waals surface area contributed by atoms with E-state index in [1.807, 2.05) is 0 Å². The van der Waals surface area contributed by atoms with Gasteiger partial charge < -0.3 is 19.6 Å². The molecule has 4 aliphatic heterocycles. The smallest absolute Gasteiger partial charge is 0.254 e. The van der Waals surface area contributed by atoms with Crippen molar-refractivity contribution in [1.29, 1.82) is 0 Å². The second-order valence-electron chi connectivity index (χ2n) is 11.6. The monoisotopic (exact) mass is 514 g/mol. The Kier molecular flexibility index (Phi) is 4.20. The molecule has 0 radical (unpaired) electrons.